The maximum absolute atomic E-state index is 14.0. The zero-order valence-electron chi connectivity index (χ0n) is 20.1. The molecule has 1 unspecified atom stereocenters. The maximum Gasteiger partial charge on any atom is 0.416 e. The van der Waals surface area contributed by atoms with Gasteiger partial charge in [-0.3, -0.25) is 0 Å². The van der Waals surface area contributed by atoms with Crippen molar-refractivity contribution in [3.63, 3.8) is 0 Å². The average Bonchev–Trinajstić information content (AvgIpc) is 2.92. The van der Waals surface area contributed by atoms with Crippen LogP contribution >= 0.6 is 11.6 Å². The first kappa shape index (κ1) is 25.0. The molecule has 0 aromatic heterocycles. The molecule has 0 spiro atoms. The number of aryl methyl sites for hydroxylation is 1. The first-order valence-corrected chi connectivity index (χ1v) is 14.1. The van der Waals surface area contributed by atoms with E-state index in [9.17, 15) is 21.6 Å². The second-order valence-electron chi connectivity index (χ2n) is 9.74. The summed E-state index contributed by atoms with van der Waals surface area (Å²) in [6, 6.07) is 24.9. The van der Waals surface area contributed by atoms with Crippen LogP contribution in [0.1, 0.15) is 34.6 Å². The number of sulfone groups is 1. The van der Waals surface area contributed by atoms with Crippen molar-refractivity contribution in [3.8, 4) is 0 Å². The normalized spacial score (nSPS) is 16.1. The van der Waals surface area contributed by atoms with Gasteiger partial charge in [0.25, 0.3) is 0 Å². The van der Waals surface area contributed by atoms with Gasteiger partial charge in [-0.1, -0.05) is 66.2 Å². The Morgan fingerprint density at radius 3 is 2.34 bits per heavy atom. The number of benzene rings is 5. The second kappa shape index (κ2) is 9.14. The molecule has 0 radical (unpaired) electrons. The van der Waals surface area contributed by atoms with Crippen LogP contribution in [0.25, 0.3) is 21.5 Å². The van der Waals surface area contributed by atoms with E-state index < -0.39 is 21.6 Å². The fraction of sp³-hybridized carbons (Fsp3) is 0.161. The predicted octanol–water partition coefficient (Wildman–Crippen LogP) is 8.77. The highest BCUT2D eigenvalue weighted by atomic mass is 35.5. The van der Waals surface area contributed by atoms with E-state index in [1.54, 1.807) is 6.07 Å². The third-order valence-electron chi connectivity index (χ3n) is 7.51. The molecule has 5 aromatic carbocycles. The number of alkyl halides is 3. The lowest BCUT2D eigenvalue weighted by atomic mass is 9.78. The van der Waals surface area contributed by atoms with Gasteiger partial charge in [0.05, 0.1) is 15.4 Å². The summed E-state index contributed by atoms with van der Waals surface area (Å²) in [6.45, 7) is 0. The van der Waals surface area contributed by atoms with Gasteiger partial charge in [0.2, 0.25) is 9.84 Å². The lowest BCUT2D eigenvalue weighted by Gasteiger charge is -2.27. The molecule has 5 aromatic rings. The van der Waals surface area contributed by atoms with Gasteiger partial charge in [-0.15, -0.1) is 0 Å². The number of fused-ring (bicyclic) bond motifs is 5. The summed E-state index contributed by atoms with van der Waals surface area (Å²) >= 11 is 6.07. The molecule has 2 nitrogen and oxygen atoms in total. The van der Waals surface area contributed by atoms with E-state index in [4.69, 9.17) is 11.6 Å². The molecule has 0 heterocycles. The summed E-state index contributed by atoms with van der Waals surface area (Å²) in [5, 5.41) is 3.70. The van der Waals surface area contributed by atoms with Gasteiger partial charge in [-0.05, 0) is 94.4 Å². The molecular weight excluding hydrogens is 529 g/mol. The van der Waals surface area contributed by atoms with Crippen molar-refractivity contribution in [3.05, 3.63) is 118 Å². The number of hydrogen-bond acceptors (Lipinski definition) is 2. The van der Waals surface area contributed by atoms with Crippen LogP contribution in [0.3, 0.4) is 0 Å². The van der Waals surface area contributed by atoms with Crippen molar-refractivity contribution in [2.24, 2.45) is 0 Å². The first-order chi connectivity index (χ1) is 18.1. The first-order valence-electron chi connectivity index (χ1n) is 12.3. The Morgan fingerprint density at radius 2 is 1.58 bits per heavy atom. The van der Waals surface area contributed by atoms with Gasteiger partial charge in [-0.25, -0.2) is 8.42 Å². The molecule has 1 aliphatic rings. The lowest BCUT2D eigenvalue weighted by Crippen LogP contribution is -2.15. The van der Waals surface area contributed by atoms with Crippen LogP contribution in [-0.2, 0) is 28.9 Å². The molecule has 7 heteroatoms. The van der Waals surface area contributed by atoms with E-state index >= 15 is 0 Å². The highest BCUT2D eigenvalue weighted by Gasteiger charge is 2.33. The van der Waals surface area contributed by atoms with Crippen LogP contribution in [0, 0.1) is 0 Å². The molecule has 1 aliphatic carbocycles. The summed E-state index contributed by atoms with van der Waals surface area (Å²) < 4.78 is 68.3. The molecule has 192 valence electrons. The Hall–Kier alpha value is -3.35. The highest BCUT2D eigenvalue weighted by Crippen LogP contribution is 2.42. The molecule has 1 atom stereocenters. The van der Waals surface area contributed by atoms with Crippen molar-refractivity contribution in [2.45, 2.75) is 41.1 Å². The van der Waals surface area contributed by atoms with Crippen LogP contribution < -0.4 is 0 Å². The molecule has 0 bridgehead atoms. The summed E-state index contributed by atoms with van der Waals surface area (Å²) in [5.41, 5.74) is 2.19. The van der Waals surface area contributed by atoms with E-state index in [2.05, 4.69) is 6.07 Å². The van der Waals surface area contributed by atoms with Gasteiger partial charge < -0.3 is 0 Å². The molecule has 0 N–H and O–H groups in total. The van der Waals surface area contributed by atoms with Gasteiger partial charge in [-0.2, -0.15) is 13.2 Å². The van der Waals surface area contributed by atoms with Crippen molar-refractivity contribution in [1.82, 2.24) is 0 Å². The van der Waals surface area contributed by atoms with E-state index in [1.807, 2.05) is 54.6 Å². The third-order valence-corrected chi connectivity index (χ3v) is 9.53. The lowest BCUT2D eigenvalue weighted by molar-refractivity contribution is -0.137. The Labute approximate surface area is 223 Å². The monoisotopic (exact) mass is 550 g/mol. The predicted molar refractivity (Wildman–Crippen MR) is 145 cm³/mol. The molecular formula is C31H22ClF3O2S. The smallest absolute Gasteiger partial charge is 0.218 e. The van der Waals surface area contributed by atoms with Crippen LogP contribution in [0.5, 0.6) is 0 Å². The molecule has 0 saturated carbocycles. The molecule has 0 saturated heterocycles. The fourth-order valence-corrected chi connectivity index (χ4v) is 7.34. The Morgan fingerprint density at radius 1 is 0.816 bits per heavy atom. The van der Waals surface area contributed by atoms with Gasteiger partial charge in [0.1, 0.15) is 0 Å². The summed E-state index contributed by atoms with van der Waals surface area (Å²) in [4.78, 5) is -0.316. The van der Waals surface area contributed by atoms with Crippen LogP contribution in [0.2, 0.25) is 5.02 Å². The zero-order chi connectivity index (χ0) is 26.7. The summed E-state index contributed by atoms with van der Waals surface area (Å²) in [6.07, 6.45) is -2.43. The average molecular weight is 551 g/mol. The van der Waals surface area contributed by atoms with Crippen molar-refractivity contribution >= 4 is 43.0 Å². The SMILES string of the molecule is O=S(=O)(c1cccc(C(F)(F)F)c1)c1cc2ccccc2c2ccc3c(c12)CCC(c1ccc(Cl)cc1)C3. The standard InChI is InChI=1S/C31H22ClF3O2S/c32-24-12-8-19(9-13-24)20-10-14-27-22(16-20)11-15-28-26-7-2-1-4-21(26)17-29(30(27)28)38(36,37)25-6-3-5-23(18-25)31(33,34)35/h1-9,11-13,15,17-18,20H,10,14,16H2. The van der Waals surface area contributed by atoms with Crippen molar-refractivity contribution < 1.29 is 21.6 Å². The number of rotatable bonds is 3. The molecule has 0 amide bonds. The fourth-order valence-electron chi connectivity index (χ4n) is 5.64. The Kier molecular flexibility index (Phi) is 6.00. The van der Waals surface area contributed by atoms with Crippen molar-refractivity contribution in [1.29, 1.82) is 0 Å². The number of halogens is 4. The van der Waals surface area contributed by atoms with Crippen LogP contribution in [0.15, 0.2) is 101 Å². The Balaban J connectivity index is 1.57. The van der Waals surface area contributed by atoms with E-state index in [1.165, 1.54) is 11.6 Å². The van der Waals surface area contributed by atoms with E-state index in [0.29, 0.717) is 16.8 Å². The van der Waals surface area contributed by atoms with Gasteiger partial charge >= 0.3 is 6.18 Å². The minimum Gasteiger partial charge on any atom is -0.218 e. The number of hydrogen-bond donors (Lipinski definition) is 0. The highest BCUT2D eigenvalue weighted by molar-refractivity contribution is 7.91. The van der Waals surface area contributed by atoms with Crippen LogP contribution in [0.4, 0.5) is 13.2 Å². The van der Waals surface area contributed by atoms with E-state index in [0.717, 1.165) is 58.3 Å². The quantitative estimate of drug-likeness (QED) is 0.210. The maximum atomic E-state index is 14.0. The third kappa shape index (κ3) is 4.26. The zero-order valence-corrected chi connectivity index (χ0v) is 21.7. The molecule has 6 rings (SSSR count). The summed E-state index contributed by atoms with van der Waals surface area (Å²) in [5.74, 6) is 0.265. The molecule has 0 aliphatic heterocycles. The minimum atomic E-state index is -4.65. The van der Waals surface area contributed by atoms with Gasteiger partial charge in [0.15, 0.2) is 0 Å². The Bertz CT molecular complexity index is 1810. The van der Waals surface area contributed by atoms with E-state index in [-0.39, 0.29) is 15.7 Å². The molecule has 0 fully saturated rings. The van der Waals surface area contributed by atoms with Crippen molar-refractivity contribution in [2.75, 3.05) is 0 Å². The summed E-state index contributed by atoms with van der Waals surface area (Å²) in [7, 11) is -4.26. The van der Waals surface area contributed by atoms with Crippen LogP contribution in [-0.4, -0.2) is 8.42 Å². The largest absolute Gasteiger partial charge is 0.416 e. The van der Waals surface area contributed by atoms with Gasteiger partial charge in [0, 0.05) is 10.4 Å². The minimum absolute atomic E-state index is 0.0484. The second-order valence-corrected chi connectivity index (χ2v) is 12.1. The molecule has 38 heavy (non-hydrogen) atoms. The topological polar surface area (TPSA) is 34.1 Å².